The molecule has 0 saturated carbocycles. The number of hydrogen-bond donors (Lipinski definition) is 1. The summed E-state index contributed by atoms with van der Waals surface area (Å²) in [7, 11) is 1.52. The van der Waals surface area contributed by atoms with E-state index >= 15 is 0 Å². The Kier molecular flexibility index (Phi) is 5.72. The van der Waals surface area contributed by atoms with E-state index in [1.165, 1.54) is 7.05 Å². The number of hydrogen-bond acceptors (Lipinski definition) is 6. The number of aromatic nitrogens is 2. The number of nitrogens with one attached hydrogen (secondary N) is 1. The van der Waals surface area contributed by atoms with Crippen molar-refractivity contribution in [1.29, 1.82) is 0 Å². The van der Waals surface area contributed by atoms with E-state index in [-0.39, 0.29) is 24.1 Å². The Labute approximate surface area is 112 Å². The van der Waals surface area contributed by atoms with Gasteiger partial charge in [0.1, 0.15) is 6.54 Å². The molecule has 0 bridgehead atoms. The van der Waals surface area contributed by atoms with Crippen LogP contribution in [0, 0.1) is 0 Å². The summed E-state index contributed by atoms with van der Waals surface area (Å²) < 4.78 is 4.88. The Morgan fingerprint density at radius 3 is 2.53 bits per heavy atom. The fraction of sp³-hybridized carbons (Fsp3) is 0.500. The third-order valence-corrected chi connectivity index (χ3v) is 2.44. The average molecular weight is 266 g/mol. The van der Waals surface area contributed by atoms with Gasteiger partial charge in [-0.2, -0.15) is 0 Å². The molecule has 0 spiro atoms. The Morgan fingerprint density at radius 2 is 2.05 bits per heavy atom. The number of ether oxygens (including phenoxy) is 1. The molecule has 19 heavy (non-hydrogen) atoms. The van der Waals surface area contributed by atoms with E-state index in [2.05, 4.69) is 15.5 Å². The zero-order chi connectivity index (χ0) is 14.3. The first-order valence-electron chi connectivity index (χ1n) is 6.08. The summed E-state index contributed by atoms with van der Waals surface area (Å²) in [5, 5.41) is 10.2. The van der Waals surface area contributed by atoms with Crippen LogP contribution in [0.4, 0.5) is 5.82 Å². The van der Waals surface area contributed by atoms with E-state index in [9.17, 15) is 9.59 Å². The van der Waals surface area contributed by atoms with Gasteiger partial charge in [-0.3, -0.25) is 9.59 Å². The fourth-order valence-electron chi connectivity index (χ4n) is 1.46. The maximum absolute atomic E-state index is 11.4. The van der Waals surface area contributed by atoms with Gasteiger partial charge in [0.25, 0.3) is 5.91 Å². The Bertz CT molecular complexity index is 433. The molecule has 1 rings (SSSR count). The van der Waals surface area contributed by atoms with Crippen LogP contribution >= 0.6 is 0 Å². The van der Waals surface area contributed by atoms with Crippen molar-refractivity contribution in [3.8, 4) is 0 Å². The lowest BCUT2D eigenvalue weighted by atomic mass is 10.3. The maximum Gasteiger partial charge on any atom is 0.325 e. The molecule has 7 heteroatoms. The predicted molar refractivity (Wildman–Crippen MR) is 69.9 cm³/mol. The summed E-state index contributed by atoms with van der Waals surface area (Å²) in [6, 6.07) is 3.22. The van der Waals surface area contributed by atoms with Gasteiger partial charge in [-0.15, -0.1) is 10.2 Å². The summed E-state index contributed by atoms with van der Waals surface area (Å²) in [5.41, 5.74) is 0.235. The molecule has 1 amide bonds. The van der Waals surface area contributed by atoms with Crippen LogP contribution in [0.15, 0.2) is 12.1 Å². The standard InChI is InChI=1S/C12H18N4O3/c1-4-16(8-11(17)19-5-2)10-7-6-9(14-15-10)12(18)13-3/h6-7H,4-5,8H2,1-3H3,(H,13,18). The van der Waals surface area contributed by atoms with Crippen LogP contribution in [0.3, 0.4) is 0 Å². The minimum atomic E-state index is -0.318. The van der Waals surface area contributed by atoms with Gasteiger partial charge >= 0.3 is 5.97 Å². The molecule has 0 atom stereocenters. The number of anilines is 1. The maximum atomic E-state index is 11.4. The van der Waals surface area contributed by atoms with E-state index in [1.807, 2.05) is 6.92 Å². The third kappa shape index (κ3) is 4.20. The SMILES string of the molecule is CCOC(=O)CN(CC)c1ccc(C(=O)NC)nn1. The summed E-state index contributed by atoms with van der Waals surface area (Å²) in [6.07, 6.45) is 0. The van der Waals surface area contributed by atoms with E-state index < -0.39 is 0 Å². The number of rotatable bonds is 6. The Morgan fingerprint density at radius 1 is 1.32 bits per heavy atom. The Hall–Kier alpha value is -2.18. The van der Waals surface area contributed by atoms with E-state index in [4.69, 9.17) is 4.74 Å². The molecule has 104 valence electrons. The second kappa shape index (κ2) is 7.30. The lowest BCUT2D eigenvalue weighted by molar-refractivity contribution is -0.141. The molecule has 0 radical (unpaired) electrons. The smallest absolute Gasteiger partial charge is 0.325 e. The van der Waals surface area contributed by atoms with Crippen LogP contribution in [0.2, 0.25) is 0 Å². The van der Waals surface area contributed by atoms with Gasteiger partial charge in [0.15, 0.2) is 11.5 Å². The van der Waals surface area contributed by atoms with E-state index in [1.54, 1.807) is 24.0 Å². The van der Waals surface area contributed by atoms with Crippen molar-refractivity contribution in [1.82, 2.24) is 15.5 Å². The first kappa shape index (κ1) is 14.9. The fourth-order valence-corrected chi connectivity index (χ4v) is 1.46. The molecule has 1 N–H and O–H groups in total. The van der Waals surface area contributed by atoms with Gasteiger partial charge in [-0.05, 0) is 26.0 Å². The average Bonchev–Trinajstić information content (AvgIpc) is 2.44. The molecule has 0 aliphatic heterocycles. The van der Waals surface area contributed by atoms with Crippen molar-refractivity contribution in [3.63, 3.8) is 0 Å². The van der Waals surface area contributed by atoms with Crippen molar-refractivity contribution in [2.45, 2.75) is 13.8 Å². The molecular formula is C12H18N4O3. The minimum absolute atomic E-state index is 0.109. The zero-order valence-electron chi connectivity index (χ0n) is 11.3. The number of amides is 1. The molecule has 0 aromatic carbocycles. The topological polar surface area (TPSA) is 84.4 Å². The summed E-state index contributed by atoms with van der Waals surface area (Å²) in [4.78, 5) is 24.5. The highest BCUT2D eigenvalue weighted by atomic mass is 16.5. The zero-order valence-corrected chi connectivity index (χ0v) is 11.3. The van der Waals surface area contributed by atoms with Crippen LogP contribution in [0.1, 0.15) is 24.3 Å². The highest BCUT2D eigenvalue weighted by Gasteiger charge is 2.13. The monoisotopic (exact) mass is 266 g/mol. The largest absolute Gasteiger partial charge is 0.465 e. The third-order valence-electron chi connectivity index (χ3n) is 2.44. The molecule has 1 heterocycles. The summed E-state index contributed by atoms with van der Waals surface area (Å²) in [5.74, 6) is -0.0859. The van der Waals surface area contributed by atoms with Crippen LogP contribution in [0.25, 0.3) is 0 Å². The van der Waals surface area contributed by atoms with Gasteiger partial charge in [-0.25, -0.2) is 0 Å². The number of carbonyl (C=O) groups excluding carboxylic acids is 2. The lowest BCUT2D eigenvalue weighted by Gasteiger charge is -2.19. The first-order chi connectivity index (χ1) is 9.12. The van der Waals surface area contributed by atoms with Gasteiger partial charge in [0.05, 0.1) is 6.61 Å². The normalized spacial score (nSPS) is 9.84. The molecule has 0 fully saturated rings. The van der Waals surface area contributed by atoms with Crippen molar-refractivity contribution in [2.24, 2.45) is 0 Å². The Balaban J connectivity index is 2.76. The number of esters is 1. The van der Waals surface area contributed by atoms with Crippen molar-refractivity contribution >= 4 is 17.7 Å². The van der Waals surface area contributed by atoms with Crippen LogP contribution in [-0.4, -0.2) is 48.8 Å². The molecule has 0 aliphatic rings. The number of carbonyl (C=O) groups is 2. The van der Waals surface area contributed by atoms with Crippen molar-refractivity contribution in [2.75, 3.05) is 31.6 Å². The number of likely N-dealkylation sites (N-methyl/N-ethyl adjacent to an activating group) is 1. The lowest BCUT2D eigenvalue weighted by Crippen LogP contribution is -2.32. The van der Waals surface area contributed by atoms with Crippen LogP contribution in [0.5, 0.6) is 0 Å². The number of nitrogens with zero attached hydrogens (tertiary/aromatic N) is 3. The van der Waals surface area contributed by atoms with Gasteiger partial charge in [0.2, 0.25) is 0 Å². The second-order valence-corrected chi connectivity index (χ2v) is 3.68. The second-order valence-electron chi connectivity index (χ2n) is 3.68. The quantitative estimate of drug-likeness (QED) is 0.742. The molecule has 0 unspecified atom stereocenters. The molecular weight excluding hydrogens is 248 g/mol. The first-order valence-corrected chi connectivity index (χ1v) is 6.08. The predicted octanol–water partition coefficient (Wildman–Crippen LogP) is 0.226. The van der Waals surface area contributed by atoms with Crippen molar-refractivity contribution < 1.29 is 14.3 Å². The summed E-state index contributed by atoms with van der Waals surface area (Å²) >= 11 is 0. The summed E-state index contributed by atoms with van der Waals surface area (Å²) in [6.45, 7) is 4.70. The molecule has 7 nitrogen and oxygen atoms in total. The van der Waals surface area contributed by atoms with Gasteiger partial charge in [0, 0.05) is 13.6 Å². The van der Waals surface area contributed by atoms with Gasteiger partial charge < -0.3 is 15.0 Å². The highest BCUT2D eigenvalue weighted by molar-refractivity contribution is 5.91. The van der Waals surface area contributed by atoms with E-state index in [0.717, 1.165) is 0 Å². The molecule has 0 aliphatic carbocycles. The minimum Gasteiger partial charge on any atom is -0.465 e. The highest BCUT2D eigenvalue weighted by Crippen LogP contribution is 2.09. The van der Waals surface area contributed by atoms with Crippen LogP contribution in [-0.2, 0) is 9.53 Å². The van der Waals surface area contributed by atoms with E-state index in [0.29, 0.717) is 19.0 Å². The molecule has 0 saturated heterocycles. The molecule has 1 aromatic rings. The van der Waals surface area contributed by atoms with Crippen molar-refractivity contribution in [3.05, 3.63) is 17.8 Å². The van der Waals surface area contributed by atoms with Gasteiger partial charge in [-0.1, -0.05) is 0 Å². The van der Waals surface area contributed by atoms with Crippen LogP contribution < -0.4 is 10.2 Å². The molecule has 1 aromatic heterocycles.